The molecule has 0 aliphatic heterocycles. The van der Waals surface area contributed by atoms with E-state index in [1.54, 1.807) is 19.2 Å². The molecule has 0 atom stereocenters. The van der Waals surface area contributed by atoms with Crippen LogP contribution in [0.5, 0.6) is 0 Å². The Bertz CT molecular complexity index is 750. The van der Waals surface area contributed by atoms with Gasteiger partial charge in [0.05, 0.1) is 15.6 Å². The molecule has 2 aromatic carbocycles. The lowest BCUT2D eigenvalue weighted by Crippen LogP contribution is -2.14. The molecule has 0 unspecified atom stereocenters. The minimum atomic E-state index is -3.77. The third-order valence-corrected chi connectivity index (χ3v) is 4.45. The van der Waals surface area contributed by atoms with Crippen molar-refractivity contribution in [2.75, 3.05) is 11.8 Å². The predicted molar refractivity (Wildman–Crippen MR) is 81.4 cm³/mol. The zero-order chi connectivity index (χ0) is 15.5. The number of rotatable bonds is 5. The second-order valence-corrected chi connectivity index (χ2v) is 6.50. The molecule has 21 heavy (non-hydrogen) atoms. The normalized spacial score (nSPS) is 11.4. The van der Waals surface area contributed by atoms with Crippen molar-refractivity contribution in [3.05, 3.63) is 58.9 Å². The summed E-state index contributed by atoms with van der Waals surface area (Å²) in [4.78, 5) is 0.116. The third kappa shape index (κ3) is 3.93. The van der Waals surface area contributed by atoms with Crippen molar-refractivity contribution in [2.45, 2.75) is 11.4 Å². The minimum Gasteiger partial charge on any atom is -0.316 e. The van der Waals surface area contributed by atoms with Crippen molar-refractivity contribution < 1.29 is 12.8 Å². The Morgan fingerprint density at radius 3 is 2.62 bits per heavy atom. The SMILES string of the molecule is CNCc1cccc(S(=O)(=O)Nc2ccc(Cl)c(F)c2)c1. The van der Waals surface area contributed by atoms with E-state index in [9.17, 15) is 12.8 Å². The van der Waals surface area contributed by atoms with E-state index in [0.717, 1.165) is 11.6 Å². The molecule has 4 nitrogen and oxygen atoms in total. The van der Waals surface area contributed by atoms with Gasteiger partial charge < -0.3 is 5.32 Å². The summed E-state index contributed by atoms with van der Waals surface area (Å²) in [6.07, 6.45) is 0. The van der Waals surface area contributed by atoms with Gasteiger partial charge in [0, 0.05) is 6.54 Å². The van der Waals surface area contributed by atoms with Crippen molar-refractivity contribution in [3.63, 3.8) is 0 Å². The monoisotopic (exact) mass is 328 g/mol. The number of halogens is 2. The van der Waals surface area contributed by atoms with Crippen LogP contribution in [0.15, 0.2) is 47.4 Å². The van der Waals surface area contributed by atoms with Gasteiger partial charge in [0.15, 0.2) is 0 Å². The molecule has 7 heteroatoms. The first kappa shape index (κ1) is 15.8. The summed E-state index contributed by atoms with van der Waals surface area (Å²) in [5, 5.41) is 2.89. The topological polar surface area (TPSA) is 58.2 Å². The molecular formula is C14H14ClFN2O2S. The molecule has 0 spiro atoms. The zero-order valence-electron chi connectivity index (χ0n) is 11.2. The maximum atomic E-state index is 13.3. The van der Waals surface area contributed by atoms with Crippen molar-refractivity contribution in [1.29, 1.82) is 0 Å². The van der Waals surface area contributed by atoms with E-state index in [1.165, 1.54) is 18.2 Å². The van der Waals surface area contributed by atoms with Crippen molar-refractivity contribution in [1.82, 2.24) is 5.32 Å². The molecule has 2 N–H and O–H groups in total. The molecule has 0 amide bonds. The first-order chi connectivity index (χ1) is 9.92. The van der Waals surface area contributed by atoms with Crippen LogP contribution in [0.1, 0.15) is 5.56 Å². The summed E-state index contributed by atoms with van der Waals surface area (Å²) in [5.74, 6) is -0.680. The van der Waals surface area contributed by atoms with E-state index in [0.29, 0.717) is 6.54 Å². The molecule has 0 aromatic heterocycles. The fraction of sp³-hybridized carbons (Fsp3) is 0.143. The van der Waals surface area contributed by atoms with Crippen LogP contribution < -0.4 is 10.0 Å². The second-order valence-electron chi connectivity index (χ2n) is 4.41. The standard InChI is InChI=1S/C14H14ClFN2O2S/c1-17-9-10-3-2-4-12(7-10)21(19,20)18-11-5-6-13(15)14(16)8-11/h2-8,17-18H,9H2,1H3. The summed E-state index contributed by atoms with van der Waals surface area (Å²) in [6.45, 7) is 0.554. The van der Waals surface area contributed by atoms with Crippen LogP contribution in [0.3, 0.4) is 0 Å². The zero-order valence-corrected chi connectivity index (χ0v) is 12.8. The van der Waals surface area contributed by atoms with Crippen molar-refractivity contribution in [2.24, 2.45) is 0 Å². The third-order valence-electron chi connectivity index (χ3n) is 2.76. The Labute approximate surface area is 128 Å². The first-order valence-corrected chi connectivity index (χ1v) is 8.00. The molecule has 112 valence electrons. The molecule has 0 fully saturated rings. The average Bonchev–Trinajstić information content (AvgIpc) is 2.43. The minimum absolute atomic E-state index is 0.0611. The summed E-state index contributed by atoms with van der Waals surface area (Å²) in [5.41, 5.74) is 0.957. The van der Waals surface area contributed by atoms with Crippen LogP contribution in [-0.4, -0.2) is 15.5 Å². The maximum absolute atomic E-state index is 13.3. The molecule has 0 heterocycles. The molecule has 2 aromatic rings. The summed E-state index contributed by atoms with van der Waals surface area (Å²) in [7, 11) is -2.00. The Kier molecular flexibility index (Phi) is 4.82. The number of sulfonamides is 1. The summed E-state index contributed by atoms with van der Waals surface area (Å²) < 4.78 is 40.2. The van der Waals surface area contributed by atoms with Gasteiger partial charge in [-0.1, -0.05) is 23.7 Å². The van der Waals surface area contributed by atoms with Crippen LogP contribution in [-0.2, 0) is 16.6 Å². The Hall–Kier alpha value is -1.63. The van der Waals surface area contributed by atoms with E-state index in [4.69, 9.17) is 11.6 Å². The van der Waals surface area contributed by atoms with Gasteiger partial charge in [0.2, 0.25) is 0 Å². The number of hydrogen-bond acceptors (Lipinski definition) is 3. The van der Waals surface area contributed by atoms with E-state index in [-0.39, 0.29) is 15.6 Å². The van der Waals surface area contributed by atoms with E-state index in [2.05, 4.69) is 10.0 Å². The van der Waals surface area contributed by atoms with E-state index < -0.39 is 15.8 Å². The number of anilines is 1. The number of benzene rings is 2. The maximum Gasteiger partial charge on any atom is 0.261 e. The molecule has 0 aliphatic rings. The smallest absolute Gasteiger partial charge is 0.261 e. The lowest BCUT2D eigenvalue weighted by atomic mass is 10.2. The Morgan fingerprint density at radius 2 is 1.95 bits per heavy atom. The summed E-state index contributed by atoms with van der Waals surface area (Å²) in [6, 6.07) is 10.3. The molecule has 0 aliphatic carbocycles. The highest BCUT2D eigenvalue weighted by molar-refractivity contribution is 7.92. The van der Waals surface area contributed by atoms with Gasteiger partial charge in [-0.25, -0.2) is 12.8 Å². The quantitative estimate of drug-likeness (QED) is 0.887. The van der Waals surface area contributed by atoms with Crippen LogP contribution in [0.25, 0.3) is 0 Å². The molecule has 0 saturated carbocycles. The molecule has 0 bridgehead atoms. The van der Waals surface area contributed by atoms with Gasteiger partial charge in [-0.15, -0.1) is 0 Å². The lowest BCUT2D eigenvalue weighted by molar-refractivity contribution is 0.601. The van der Waals surface area contributed by atoms with Crippen molar-refractivity contribution in [3.8, 4) is 0 Å². The van der Waals surface area contributed by atoms with Gasteiger partial charge in [-0.05, 0) is 42.9 Å². The van der Waals surface area contributed by atoms with Gasteiger partial charge in [-0.2, -0.15) is 0 Å². The largest absolute Gasteiger partial charge is 0.316 e. The van der Waals surface area contributed by atoms with Crippen LogP contribution in [0, 0.1) is 5.82 Å². The lowest BCUT2D eigenvalue weighted by Gasteiger charge is -2.10. The van der Waals surface area contributed by atoms with E-state index >= 15 is 0 Å². The summed E-state index contributed by atoms with van der Waals surface area (Å²) >= 11 is 5.57. The Balaban J connectivity index is 2.29. The van der Waals surface area contributed by atoms with Crippen LogP contribution in [0.2, 0.25) is 5.02 Å². The second kappa shape index (κ2) is 6.43. The average molecular weight is 329 g/mol. The van der Waals surface area contributed by atoms with Gasteiger partial charge in [0.1, 0.15) is 5.82 Å². The molecule has 2 rings (SSSR count). The highest BCUT2D eigenvalue weighted by Gasteiger charge is 2.15. The van der Waals surface area contributed by atoms with Gasteiger partial charge >= 0.3 is 0 Å². The molecular weight excluding hydrogens is 315 g/mol. The first-order valence-electron chi connectivity index (χ1n) is 6.14. The van der Waals surface area contributed by atoms with Gasteiger partial charge in [-0.3, -0.25) is 4.72 Å². The number of nitrogens with one attached hydrogen (secondary N) is 2. The van der Waals surface area contributed by atoms with E-state index in [1.807, 2.05) is 6.07 Å². The number of hydrogen-bond donors (Lipinski definition) is 2. The highest BCUT2D eigenvalue weighted by atomic mass is 35.5. The van der Waals surface area contributed by atoms with Crippen molar-refractivity contribution >= 4 is 27.3 Å². The van der Waals surface area contributed by atoms with Gasteiger partial charge in [0.25, 0.3) is 10.0 Å². The fourth-order valence-electron chi connectivity index (χ4n) is 1.80. The molecule has 0 saturated heterocycles. The van der Waals surface area contributed by atoms with Crippen LogP contribution >= 0.6 is 11.6 Å². The fourth-order valence-corrected chi connectivity index (χ4v) is 3.04. The Morgan fingerprint density at radius 1 is 1.19 bits per heavy atom. The predicted octanol–water partition coefficient (Wildman–Crippen LogP) is 3.00. The van der Waals surface area contributed by atoms with Crippen LogP contribution in [0.4, 0.5) is 10.1 Å². The highest BCUT2D eigenvalue weighted by Crippen LogP contribution is 2.22. The molecule has 0 radical (unpaired) electrons.